The number of esters is 2. The van der Waals surface area contributed by atoms with Gasteiger partial charge in [0.25, 0.3) is 0 Å². The van der Waals surface area contributed by atoms with Crippen LogP contribution in [-0.2, 0) is 46.3 Å². The largest absolute Gasteiger partial charge is 0.463 e. The number of carbonyl (C=O) groups is 2. The van der Waals surface area contributed by atoms with E-state index < -0.39 is 38.4 Å². The second kappa shape index (κ2) is 17.0. The van der Waals surface area contributed by atoms with E-state index in [9.17, 15) is 18.7 Å². The molecule has 0 heterocycles. The van der Waals surface area contributed by atoms with Crippen molar-refractivity contribution in [1.82, 2.24) is 0 Å². The minimum absolute atomic E-state index is 0.00938. The molecule has 1 aromatic rings. The molecule has 0 spiro atoms. The molecule has 0 N–H and O–H groups in total. The molecular formula is C24H41NO10P2. The molecule has 1 aromatic carbocycles. The lowest BCUT2D eigenvalue weighted by Gasteiger charge is -2.26. The number of benzene rings is 1. The summed E-state index contributed by atoms with van der Waals surface area (Å²) in [6.07, 6.45) is 0. The van der Waals surface area contributed by atoms with E-state index in [2.05, 4.69) is 0 Å². The van der Waals surface area contributed by atoms with Gasteiger partial charge in [0.1, 0.15) is 13.2 Å². The molecule has 2 atom stereocenters. The predicted molar refractivity (Wildman–Crippen MR) is 141 cm³/mol. The summed E-state index contributed by atoms with van der Waals surface area (Å²) >= 11 is 0. The van der Waals surface area contributed by atoms with Crippen LogP contribution >= 0.6 is 15.2 Å². The van der Waals surface area contributed by atoms with E-state index in [-0.39, 0.29) is 52.7 Å². The molecule has 0 radical (unpaired) electrons. The summed E-state index contributed by atoms with van der Waals surface area (Å²) in [6.45, 7) is 10.7. The molecule has 0 saturated carbocycles. The zero-order valence-corrected chi connectivity index (χ0v) is 24.4. The number of rotatable bonds is 19. The first-order valence-electron chi connectivity index (χ1n) is 12.5. The first-order chi connectivity index (χ1) is 17.6. The van der Waals surface area contributed by atoms with Crippen molar-refractivity contribution in [3.63, 3.8) is 0 Å². The van der Waals surface area contributed by atoms with Crippen LogP contribution in [0.5, 0.6) is 0 Å². The van der Waals surface area contributed by atoms with Gasteiger partial charge in [0.05, 0.1) is 39.5 Å². The SMILES string of the molecule is CCOP(=O)(OCC)C(C)C(=O)OCCN(CCOC(=O)C(C)P(=O)(OCC)OCC)c1ccccc1. The molecule has 0 bridgehead atoms. The zero-order valence-electron chi connectivity index (χ0n) is 22.6. The third-order valence-electron chi connectivity index (χ3n) is 5.20. The van der Waals surface area contributed by atoms with Crippen LogP contribution in [0.4, 0.5) is 5.69 Å². The monoisotopic (exact) mass is 565 g/mol. The summed E-state index contributed by atoms with van der Waals surface area (Å²) in [5, 5.41) is 0. The Morgan fingerprint density at radius 1 is 0.703 bits per heavy atom. The molecule has 0 aliphatic rings. The molecule has 0 amide bonds. The van der Waals surface area contributed by atoms with Crippen LogP contribution in [0.25, 0.3) is 0 Å². The summed E-state index contributed by atoms with van der Waals surface area (Å²) in [7, 11) is -7.28. The van der Waals surface area contributed by atoms with Gasteiger partial charge in [-0.25, -0.2) is 0 Å². The summed E-state index contributed by atoms with van der Waals surface area (Å²) in [6, 6.07) is 9.30. The molecule has 0 aliphatic carbocycles. The number of nitrogens with zero attached hydrogens (tertiary/aromatic N) is 1. The quantitative estimate of drug-likeness (QED) is 0.168. The fraction of sp³-hybridized carbons (Fsp3) is 0.667. The van der Waals surface area contributed by atoms with Crippen LogP contribution in [0.2, 0.25) is 0 Å². The average molecular weight is 566 g/mol. The molecule has 11 nitrogen and oxygen atoms in total. The molecule has 13 heteroatoms. The molecule has 0 aromatic heterocycles. The maximum Gasteiger partial charge on any atom is 0.344 e. The van der Waals surface area contributed by atoms with Gasteiger partial charge in [0, 0.05) is 5.69 Å². The lowest BCUT2D eigenvalue weighted by Crippen LogP contribution is -2.34. The van der Waals surface area contributed by atoms with Gasteiger partial charge in [-0.05, 0) is 53.7 Å². The third-order valence-corrected chi connectivity index (χ3v) is 9.99. The average Bonchev–Trinajstić information content (AvgIpc) is 2.87. The van der Waals surface area contributed by atoms with Crippen molar-refractivity contribution in [1.29, 1.82) is 0 Å². The Bertz CT molecular complexity index is 840. The van der Waals surface area contributed by atoms with E-state index in [0.717, 1.165) is 5.69 Å². The number of hydrogen-bond acceptors (Lipinski definition) is 11. The summed E-state index contributed by atoms with van der Waals surface area (Å²) in [4.78, 5) is 27.0. The standard InChI is InChI=1S/C24H41NO10P2/c1-7-32-36(28,33-8-2)20(5)23(26)30-18-16-25(22-14-12-11-13-15-22)17-19-31-24(27)21(6)37(29,34-9-3)35-10-4/h11-15,20-21H,7-10,16-19H2,1-6H3. The van der Waals surface area contributed by atoms with Crippen LogP contribution in [0.15, 0.2) is 30.3 Å². The maximum atomic E-state index is 12.8. The second-order valence-electron chi connectivity index (χ2n) is 7.76. The van der Waals surface area contributed by atoms with Gasteiger partial charge < -0.3 is 32.5 Å². The summed E-state index contributed by atoms with van der Waals surface area (Å²) in [5.41, 5.74) is -1.34. The van der Waals surface area contributed by atoms with Crippen LogP contribution in [0.3, 0.4) is 0 Å². The minimum atomic E-state index is -3.64. The van der Waals surface area contributed by atoms with Gasteiger partial charge in [0.2, 0.25) is 0 Å². The van der Waals surface area contributed by atoms with Crippen molar-refractivity contribution in [3.05, 3.63) is 30.3 Å². The lowest BCUT2D eigenvalue weighted by atomic mass is 10.3. The van der Waals surface area contributed by atoms with Gasteiger partial charge in [-0.1, -0.05) is 18.2 Å². The van der Waals surface area contributed by atoms with Crippen molar-refractivity contribution in [2.75, 3.05) is 57.6 Å². The Morgan fingerprint density at radius 2 is 1.05 bits per heavy atom. The number of ether oxygens (including phenoxy) is 2. The zero-order chi connectivity index (χ0) is 27.9. The predicted octanol–water partition coefficient (Wildman–Crippen LogP) is 4.89. The van der Waals surface area contributed by atoms with Crippen LogP contribution in [-0.4, -0.2) is 76.0 Å². The van der Waals surface area contributed by atoms with E-state index in [1.807, 2.05) is 35.2 Å². The highest BCUT2D eigenvalue weighted by Crippen LogP contribution is 2.54. The van der Waals surface area contributed by atoms with E-state index in [0.29, 0.717) is 0 Å². The first kappa shape index (κ1) is 33.3. The van der Waals surface area contributed by atoms with Crippen molar-refractivity contribution in [2.24, 2.45) is 0 Å². The Balaban J connectivity index is 2.76. The molecule has 1 rings (SSSR count). The Hall–Kier alpha value is -1.74. The first-order valence-corrected chi connectivity index (χ1v) is 15.7. The highest BCUT2D eigenvalue weighted by Gasteiger charge is 2.39. The molecule has 0 fully saturated rings. The lowest BCUT2D eigenvalue weighted by molar-refractivity contribution is -0.143. The van der Waals surface area contributed by atoms with Gasteiger partial charge in [0.15, 0.2) is 11.3 Å². The number of hydrogen-bond donors (Lipinski definition) is 0. The highest BCUT2D eigenvalue weighted by molar-refractivity contribution is 7.56. The fourth-order valence-electron chi connectivity index (χ4n) is 3.26. The van der Waals surface area contributed by atoms with Gasteiger partial charge in [-0.2, -0.15) is 0 Å². The second-order valence-corrected chi connectivity index (χ2v) is 12.5. The van der Waals surface area contributed by atoms with Crippen LogP contribution < -0.4 is 4.90 Å². The number of carbonyl (C=O) groups excluding carboxylic acids is 2. The van der Waals surface area contributed by atoms with Crippen molar-refractivity contribution < 1.29 is 46.3 Å². The van der Waals surface area contributed by atoms with Crippen LogP contribution in [0, 0.1) is 0 Å². The van der Waals surface area contributed by atoms with Crippen molar-refractivity contribution in [2.45, 2.75) is 52.9 Å². The van der Waals surface area contributed by atoms with Crippen molar-refractivity contribution in [3.8, 4) is 0 Å². The normalized spacial score (nSPS) is 13.6. The fourth-order valence-corrected chi connectivity index (χ4v) is 6.41. The topological polar surface area (TPSA) is 127 Å². The smallest absolute Gasteiger partial charge is 0.344 e. The van der Waals surface area contributed by atoms with E-state index >= 15 is 0 Å². The minimum Gasteiger partial charge on any atom is -0.463 e. The Labute approximate surface area is 220 Å². The van der Waals surface area contributed by atoms with Crippen molar-refractivity contribution >= 4 is 32.8 Å². The van der Waals surface area contributed by atoms with Gasteiger partial charge >= 0.3 is 27.1 Å². The Kier molecular flexibility index (Phi) is 15.3. The molecule has 37 heavy (non-hydrogen) atoms. The Morgan fingerprint density at radius 3 is 1.38 bits per heavy atom. The molecule has 212 valence electrons. The van der Waals surface area contributed by atoms with Gasteiger partial charge in [-0.3, -0.25) is 18.7 Å². The molecule has 2 unspecified atom stereocenters. The summed E-state index contributed by atoms with van der Waals surface area (Å²) in [5.74, 6) is -1.39. The number of para-hydroxylation sites is 1. The molecular weight excluding hydrogens is 524 g/mol. The molecule has 0 aliphatic heterocycles. The number of anilines is 1. The van der Waals surface area contributed by atoms with E-state index in [1.165, 1.54) is 13.8 Å². The van der Waals surface area contributed by atoms with Crippen LogP contribution in [0.1, 0.15) is 41.5 Å². The van der Waals surface area contributed by atoms with E-state index in [1.54, 1.807) is 27.7 Å². The highest BCUT2D eigenvalue weighted by atomic mass is 31.2. The van der Waals surface area contributed by atoms with Gasteiger partial charge in [-0.15, -0.1) is 0 Å². The molecule has 0 saturated heterocycles. The summed E-state index contributed by atoms with van der Waals surface area (Å²) < 4.78 is 57.4. The van der Waals surface area contributed by atoms with E-state index in [4.69, 9.17) is 27.6 Å². The third kappa shape index (κ3) is 10.5. The maximum absolute atomic E-state index is 12.8.